The van der Waals surface area contributed by atoms with Crippen molar-refractivity contribution in [3.05, 3.63) is 88.5 Å². The van der Waals surface area contributed by atoms with Crippen LogP contribution in [0.25, 0.3) is 55.1 Å². The Hall–Kier alpha value is -4.10. The number of rotatable bonds is 3. The molecule has 0 unspecified atom stereocenters. The number of thiazole rings is 1. The first-order valence-electron chi connectivity index (χ1n) is 10.1. The van der Waals surface area contributed by atoms with Gasteiger partial charge in [-0.3, -0.25) is 9.78 Å². The van der Waals surface area contributed by atoms with E-state index >= 15 is 0 Å². The minimum Gasteiger partial charge on any atom is -0.460 e. The number of hydrogen-bond acceptors (Lipinski definition) is 6. The zero-order chi connectivity index (χ0) is 21.7. The molecule has 0 atom stereocenters. The molecule has 0 aliphatic heterocycles. The summed E-state index contributed by atoms with van der Waals surface area (Å²) in [7, 11) is 0. The van der Waals surface area contributed by atoms with Gasteiger partial charge in [0.1, 0.15) is 22.1 Å². The highest BCUT2D eigenvalue weighted by Gasteiger charge is 2.17. The van der Waals surface area contributed by atoms with Gasteiger partial charge in [0.05, 0.1) is 11.1 Å². The fourth-order valence-electron chi connectivity index (χ4n) is 3.86. The molecule has 5 aromatic heterocycles. The van der Waals surface area contributed by atoms with E-state index in [9.17, 15) is 4.79 Å². The molecule has 0 amide bonds. The van der Waals surface area contributed by atoms with E-state index in [1.165, 1.54) is 11.3 Å². The molecule has 1 N–H and O–H groups in total. The van der Waals surface area contributed by atoms with Crippen molar-refractivity contribution in [3.8, 4) is 33.2 Å². The monoisotopic (exact) mass is 436 g/mol. The van der Waals surface area contributed by atoms with Crippen molar-refractivity contribution in [3.63, 3.8) is 0 Å². The molecular formula is C25H16N4O2S. The summed E-state index contributed by atoms with van der Waals surface area (Å²) in [5.74, 6) is 1.44. The molecule has 0 bridgehead atoms. The molecule has 0 spiro atoms. The summed E-state index contributed by atoms with van der Waals surface area (Å²) in [5, 5.41) is 4.39. The normalized spacial score (nSPS) is 11.4. The van der Waals surface area contributed by atoms with Crippen LogP contribution < -0.4 is 5.56 Å². The predicted octanol–water partition coefficient (Wildman–Crippen LogP) is 5.83. The van der Waals surface area contributed by atoms with Crippen LogP contribution >= 0.6 is 11.3 Å². The molecule has 154 valence electrons. The quantitative estimate of drug-likeness (QED) is 0.377. The Morgan fingerprint density at radius 2 is 1.84 bits per heavy atom. The molecular weight excluding hydrogens is 420 g/mol. The molecule has 7 heteroatoms. The van der Waals surface area contributed by atoms with Crippen molar-refractivity contribution in [1.82, 2.24) is 19.9 Å². The summed E-state index contributed by atoms with van der Waals surface area (Å²) in [4.78, 5) is 29.2. The second kappa shape index (κ2) is 7.25. The van der Waals surface area contributed by atoms with Crippen molar-refractivity contribution in [2.75, 3.05) is 0 Å². The van der Waals surface area contributed by atoms with Crippen molar-refractivity contribution >= 4 is 33.3 Å². The summed E-state index contributed by atoms with van der Waals surface area (Å²) >= 11 is 1.43. The maximum Gasteiger partial charge on any atom is 0.259 e. The van der Waals surface area contributed by atoms with Gasteiger partial charge in [0, 0.05) is 34.1 Å². The molecule has 0 radical (unpaired) electrons. The van der Waals surface area contributed by atoms with E-state index in [-0.39, 0.29) is 5.56 Å². The maximum atomic E-state index is 12.7. The Morgan fingerprint density at radius 1 is 0.938 bits per heavy atom. The van der Waals surface area contributed by atoms with Crippen LogP contribution in [0.5, 0.6) is 0 Å². The number of H-pyrrole nitrogens is 1. The minimum atomic E-state index is -0.217. The van der Waals surface area contributed by atoms with E-state index in [2.05, 4.69) is 21.0 Å². The molecule has 0 aliphatic rings. The largest absolute Gasteiger partial charge is 0.460 e. The van der Waals surface area contributed by atoms with E-state index in [1.807, 2.05) is 60.8 Å². The molecule has 6 aromatic rings. The number of aryl methyl sites for hydroxylation is 1. The standard InChI is InChI=1S/C25H16N4O2S/c1-14-4-7-21(31-14)22-18(15-5-6-20-16(11-15)3-2-8-26-20)12-17-13-19(25-27-9-10-32-25)24(30)29-23(17)28-22/h2-13H,1H3,(H,28,29,30). The van der Waals surface area contributed by atoms with E-state index in [0.29, 0.717) is 27.7 Å². The lowest BCUT2D eigenvalue weighted by Gasteiger charge is -2.11. The second-order valence-electron chi connectivity index (χ2n) is 7.49. The Labute approximate surface area is 186 Å². The van der Waals surface area contributed by atoms with Crippen LogP contribution in [-0.4, -0.2) is 19.9 Å². The number of fused-ring (bicyclic) bond motifs is 2. The van der Waals surface area contributed by atoms with Crippen LogP contribution in [0.15, 0.2) is 81.6 Å². The van der Waals surface area contributed by atoms with Crippen LogP contribution in [-0.2, 0) is 0 Å². The molecule has 0 saturated heterocycles. The number of nitrogens with one attached hydrogen (secondary N) is 1. The Morgan fingerprint density at radius 3 is 2.66 bits per heavy atom. The zero-order valence-electron chi connectivity index (χ0n) is 17.0. The smallest absolute Gasteiger partial charge is 0.259 e. The number of benzene rings is 1. The summed E-state index contributed by atoms with van der Waals surface area (Å²) in [6.45, 7) is 1.90. The average Bonchev–Trinajstić information content (AvgIpc) is 3.49. The zero-order valence-corrected chi connectivity index (χ0v) is 17.8. The fraction of sp³-hybridized carbons (Fsp3) is 0.0400. The Bertz CT molecular complexity index is 1670. The van der Waals surface area contributed by atoms with Crippen LogP contribution in [0.3, 0.4) is 0 Å². The molecule has 0 saturated carbocycles. The molecule has 32 heavy (non-hydrogen) atoms. The summed E-state index contributed by atoms with van der Waals surface area (Å²) in [6, 6.07) is 17.8. The molecule has 0 aliphatic carbocycles. The highest BCUT2D eigenvalue weighted by molar-refractivity contribution is 7.13. The van der Waals surface area contributed by atoms with Crippen molar-refractivity contribution in [1.29, 1.82) is 0 Å². The van der Waals surface area contributed by atoms with Gasteiger partial charge in [0.2, 0.25) is 0 Å². The van der Waals surface area contributed by atoms with Gasteiger partial charge in [0.25, 0.3) is 5.56 Å². The van der Waals surface area contributed by atoms with Gasteiger partial charge in [0.15, 0.2) is 5.76 Å². The molecule has 5 heterocycles. The third-order valence-corrected chi connectivity index (χ3v) is 6.19. The van der Waals surface area contributed by atoms with Gasteiger partial charge >= 0.3 is 0 Å². The lowest BCUT2D eigenvalue weighted by Crippen LogP contribution is -2.09. The third-order valence-electron chi connectivity index (χ3n) is 5.38. The van der Waals surface area contributed by atoms with Crippen molar-refractivity contribution in [2.45, 2.75) is 6.92 Å². The van der Waals surface area contributed by atoms with Crippen LogP contribution in [0.1, 0.15) is 5.76 Å². The summed E-state index contributed by atoms with van der Waals surface area (Å²) < 4.78 is 5.91. The van der Waals surface area contributed by atoms with Crippen molar-refractivity contribution < 1.29 is 4.42 Å². The predicted molar refractivity (Wildman–Crippen MR) is 127 cm³/mol. The fourth-order valence-corrected chi connectivity index (χ4v) is 4.51. The van der Waals surface area contributed by atoms with Crippen LogP contribution in [0.2, 0.25) is 0 Å². The third kappa shape index (κ3) is 3.11. The van der Waals surface area contributed by atoms with Crippen molar-refractivity contribution in [2.24, 2.45) is 0 Å². The first-order valence-corrected chi connectivity index (χ1v) is 10.9. The summed E-state index contributed by atoms with van der Waals surface area (Å²) in [5.41, 5.74) is 4.32. The number of hydrogen-bond donors (Lipinski definition) is 1. The molecule has 0 fully saturated rings. The van der Waals surface area contributed by atoms with Gasteiger partial charge in [-0.1, -0.05) is 12.1 Å². The number of pyridine rings is 3. The first kappa shape index (κ1) is 18.7. The SMILES string of the molecule is Cc1ccc(-c2nc3[nH]c(=O)c(-c4nccs4)cc3cc2-c2ccc3ncccc3c2)o1. The number of aromatic amines is 1. The minimum absolute atomic E-state index is 0.217. The van der Waals surface area contributed by atoms with Gasteiger partial charge in [-0.2, -0.15) is 0 Å². The molecule has 1 aromatic carbocycles. The van der Waals surface area contributed by atoms with Gasteiger partial charge in [-0.25, -0.2) is 9.97 Å². The lowest BCUT2D eigenvalue weighted by atomic mass is 9.99. The van der Waals surface area contributed by atoms with E-state index in [1.54, 1.807) is 12.4 Å². The highest BCUT2D eigenvalue weighted by atomic mass is 32.1. The average molecular weight is 436 g/mol. The van der Waals surface area contributed by atoms with Gasteiger partial charge in [-0.05, 0) is 55.0 Å². The van der Waals surface area contributed by atoms with E-state index < -0.39 is 0 Å². The molecule has 6 rings (SSSR count). The summed E-state index contributed by atoms with van der Waals surface area (Å²) in [6.07, 6.45) is 3.48. The Kier molecular flexibility index (Phi) is 4.22. The van der Waals surface area contributed by atoms with Crippen LogP contribution in [0, 0.1) is 6.92 Å². The second-order valence-corrected chi connectivity index (χ2v) is 8.39. The topological polar surface area (TPSA) is 84.7 Å². The first-order chi connectivity index (χ1) is 15.7. The van der Waals surface area contributed by atoms with E-state index in [4.69, 9.17) is 9.40 Å². The highest BCUT2D eigenvalue weighted by Crippen LogP contribution is 2.35. The number of aromatic nitrogens is 4. The van der Waals surface area contributed by atoms with Gasteiger partial charge in [-0.15, -0.1) is 11.3 Å². The Balaban J connectivity index is 1.64. The lowest BCUT2D eigenvalue weighted by molar-refractivity contribution is 0.547. The maximum absolute atomic E-state index is 12.7. The number of furan rings is 1. The van der Waals surface area contributed by atoms with Gasteiger partial charge < -0.3 is 9.40 Å². The molecule has 6 nitrogen and oxygen atoms in total. The number of nitrogens with zero attached hydrogens (tertiary/aromatic N) is 3. The van der Waals surface area contributed by atoms with E-state index in [0.717, 1.165) is 33.2 Å². The van der Waals surface area contributed by atoms with Crippen LogP contribution in [0.4, 0.5) is 0 Å².